The maximum atomic E-state index is 13.2. The fourth-order valence-electron chi connectivity index (χ4n) is 1.07. The zero-order chi connectivity index (χ0) is 7.84. The molecule has 56 valence electrons. The molecule has 2 rings (SSSR count). The molecule has 0 saturated carbocycles. The van der Waals surface area contributed by atoms with Gasteiger partial charge in [-0.25, -0.2) is 4.39 Å². The minimum atomic E-state index is -0.229. The number of rotatable bonds is 0. The standard InChI is InChI=1S/C8H5BrFN/c9-6-2-1-5-3-4-11-8(5)7(6)10/h1-4,11H. The number of halogens is 2. The van der Waals surface area contributed by atoms with Gasteiger partial charge in [-0.05, 0) is 28.1 Å². The number of aromatic nitrogens is 1. The van der Waals surface area contributed by atoms with Crippen molar-refractivity contribution in [2.75, 3.05) is 0 Å². The van der Waals surface area contributed by atoms with Gasteiger partial charge in [-0.3, -0.25) is 0 Å². The molecule has 0 aliphatic rings. The lowest BCUT2D eigenvalue weighted by Gasteiger charge is -1.94. The van der Waals surface area contributed by atoms with Crippen LogP contribution in [0.25, 0.3) is 10.9 Å². The van der Waals surface area contributed by atoms with Gasteiger partial charge in [-0.1, -0.05) is 6.07 Å². The molecule has 0 spiro atoms. The van der Waals surface area contributed by atoms with Crippen LogP contribution in [-0.2, 0) is 0 Å². The number of nitrogens with one attached hydrogen (secondary N) is 1. The van der Waals surface area contributed by atoms with E-state index in [-0.39, 0.29) is 5.82 Å². The van der Waals surface area contributed by atoms with E-state index in [1.807, 2.05) is 12.1 Å². The van der Waals surface area contributed by atoms with Crippen molar-refractivity contribution in [1.82, 2.24) is 4.98 Å². The summed E-state index contributed by atoms with van der Waals surface area (Å²) >= 11 is 3.11. The van der Waals surface area contributed by atoms with Crippen LogP contribution in [0.1, 0.15) is 0 Å². The van der Waals surface area contributed by atoms with Gasteiger partial charge in [0, 0.05) is 11.6 Å². The number of aromatic amines is 1. The molecule has 0 atom stereocenters. The van der Waals surface area contributed by atoms with Crippen LogP contribution in [0.5, 0.6) is 0 Å². The van der Waals surface area contributed by atoms with Gasteiger partial charge in [0.15, 0.2) is 5.82 Å². The van der Waals surface area contributed by atoms with E-state index in [0.717, 1.165) is 5.39 Å². The van der Waals surface area contributed by atoms with Crippen LogP contribution in [-0.4, -0.2) is 4.98 Å². The predicted octanol–water partition coefficient (Wildman–Crippen LogP) is 3.07. The SMILES string of the molecule is Fc1c(Br)ccc2cc[nH]c12. The second kappa shape index (κ2) is 2.34. The van der Waals surface area contributed by atoms with Crippen LogP contribution in [0.3, 0.4) is 0 Å². The van der Waals surface area contributed by atoms with Crippen LogP contribution in [0.4, 0.5) is 4.39 Å². The monoisotopic (exact) mass is 213 g/mol. The topological polar surface area (TPSA) is 15.8 Å². The highest BCUT2D eigenvalue weighted by Crippen LogP contribution is 2.23. The van der Waals surface area contributed by atoms with Crippen LogP contribution < -0.4 is 0 Å². The summed E-state index contributed by atoms with van der Waals surface area (Å²) in [5, 5.41) is 0.894. The Balaban J connectivity index is 2.93. The minimum Gasteiger partial charge on any atom is -0.359 e. The maximum Gasteiger partial charge on any atom is 0.161 e. The summed E-state index contributed by atoms with van der Waals surface area (Å²) in [7, 11) is 0. The van der Waals surface area contributed by atoms with Crippen molar-refractivity contribution in [2.24, 2.45) is 0 Å². The third kappa shape index (κ3) is 0.959. The Morgan fingerprint density at radius 1 is 1.27 bits per heavy atom. The molecule has 0 saturated heterocycles. The van der Waals surface area contributed by atoms with Crippen molar-refractivity contribution in [3.05, 3.63) is 34.7 Å². The minimum absolute atomic E-state index is 0.229. The summed E-state index contributed by atoms with van der Waals surface area (Å²) in [4.78, 5) is 2.82. The van der Waals surface area contributed by atoms with Crippen LogP contribution in [0.15, 0.2) is 28.9 Å². The summed E-state index contributed by atoms with van der Waals surface area (Å²) < 4.78 is 13.6. The first kappa shape index (κ1) is 6.85. The third-order valence-corrected chi connectivity index (χ3v) is 2.23. The number of benzene rings is 1. The third-order valence-electron chi connectivity index (χ3n) is 1.62. The zero-order valence-corrected chi connectivity index (χ0v) is 7.15. The molecule has 1 aromatic carbocycles. The average Bonchev–Trinajstić information content (AvgIpc) is 2.45. The van der Waals surface area contributed by atoms with Crippen molar-refractivity contribution in [3.63, 3.8) is 0 Å². The highest BCUT2D eigenvalue weighted by Gasteiger charge is 2.04. The number of H-pyrrole nitrogens is 1. The Morgan fingerprint density at radius 3 is 2.91 bits per heavy atom. The highest BCUT2D eigenvalue weighted by atomic mass is 79.9. The van der Waals surface area contributed by atoms with E-state index < -0.39 is 0 Å². The van der Waals surface area contributed by atoms with Crippen LogP contribution >= 0.6 is 15.9 Å². The lowest BCUT2D eigenvalue weighted by molar-refractivity contribution is 0.631. The van der Waals surface area contributed by atoms with Crippen molar-refractivity contribution in [1.29, 1.82) is 0 Å². The number of fused-ring (bicyclic) bond motifs is 1. The van der Waals surface area contributed by atoms with Crippen LogP contribution in [0.2, 0.25) is 0 Å². The molecule has 0 amide bonds. The predicted molar refractivity (Wildman–Crippen MR) is 46.0 cm³/mol. The number of hydrogen-bond donors (Lipinski definition) is 1. The highest BCUT2D eigenvalue weighted by molar-refractivity contribution is 9.10. The smallest absolute Gasteiger partial charge is 0.161 e. The van der Waals surface area contributed by atoms with Crippen molar-refractivity contribution >= 4 is 26.8 Å². The van der Waals surface area contributed by atoms with Gasteiger partial charge < -0.3 is 4.98 Å². The van der Waals surface area contributed by atoms with E-state index in [9.17, 15) is 4.39 Å². The lowest BCUT2D eigenvalue weighted by Crippen LogP contribution is -1.78. The molecule has 0 fully saturated rings. The van der Waals surface area contributed by atoms with Gasteiger partial charge in [-0.15, -0.1) is 0 Å². The Bertz CT molecular complexity index is 394. The van der Waals surface area contributed by atoms with Crippen molar-refractivity contribution < 1.29 is 4.39 Å². The molecular formula is C8H5BrFN. The summed E-state index contributed by atoms with van der Waals surface area (Å²) in [6, 6.07) is 5.40. The molecule has 2 aromatic rings. The molecule has 3 heteroatoms. The first-order valence-corrected chi connectivity index (χ1v) is 3.99. The van der Waals surface area contributed by atoms with Gasteiger partial charge in [-0.2, -0.15) is 0 Å². The molecule has 0 bridgehead atoms. The molecule has 0 radical (unpaired) electrons. The fraction of sp³-hybridized carbons (Fsp3) is 0. The van der Waals surface area contributed by atoms with Crippen LogP contribution in [0, 0.1) is 5.82 Å². The van der Waals surface area contributed by atoms with E-state index in [2.05, 4.69) is 20.9 Å². The van der Waals surface area contributed by atoms with Gasteiger partial charge >= 0.3 is 0 Å². The summed E-state index contributed by atoms with van der Waals surface area (Å²) in [6.07, 6.45) is 1.72. The molecule has 11 heavy (non-hydrogen) atoms. The Labute approximate surface area is 71.4 Å². The molecule has 1 nitrogen and oxygen atoms in total. The summed E-state index contributed by atoms with van der Waals surface area (Å²) in [6.45, 7) is 0. The Morgan fingerprint density at radius 2 is 2.09 bits per heavy atom. The molecule has 0 aliphatic heterocycles. The molecule has 1 aromatic heterocycles. The number of hydrogen-bond acceptors (Lipinski definition) is 0. The van der Waals surface area contributed by atoms with E-state index in [1.165, 1.54) is 0 Å². The van der Waals surface area contributed by atoms with E-state index in [0.29, 0.717) is 9.99 Å². The zero-order valence-electron chi connectivity index (χ0n) is 5.57. The largest absolute Gasteiger partial charge is 0.359 e. The summed E-state index contributed by atoms with van der Waals surface area (Å²) in [5.74, 6) is -0.229. The van der Waals surface area contributed by atoms with E-state index >= 15 is 0 Å². The molecule has 1 N–H and O–H groups in total. The van der Waals surface area contributed by atoms with Gasteiger partial charge in [0.25, 0.3) is 0 Å². The van der Waals surface area contributed by atoms with E-state index in [4.69, 9.17) is 0 Å². The Kier molecular flexibility index (Phi) is 1.46. The summed E-state index contributed by atoms with van der Waals surface area (Å²) in [5.41, 5.74) is 0.555. The molecule has 1 heterocycles. The lowest BCUT2D eigenvalue weighted by atomic mass is 10.2. The first-order valence-electron chi connectivity index (χ1n) is 3.20. The second-order valence-corrected chi connectivity index (χ2v) is 3.16. The quantitative estimate of drug-likeness (QED) is 0.693. The second-order valence-electron chi connectivity index (χ2n) is 2.30. The molecular weight excluding hydrogens is 209 g/mol. The normalized spacial score (nSPS) is 10.7. The van der Waals surface area contributed by atoms with Gasteiger partial charge in [0.1, 0.15) is 0 Å². The molecule has 0 unspecified atom stereocenters. The first-order chi connectivity index (χ1) is 5.29. The van der Waals surface area contributed by atoms with Gasteiger partial charge in [0.05, 0.1) is 9.99 Å². The van der Waals surface area contributed by atoms with Gasteiger partial charge in [0.2, 0.25) is 0 Å². The van der Waals surface area contributed by atoms with Crippen molar-refractivity contribution in [2.45, 2.75) is 0 Å². The molecule has 0 aliphatic carbocycles. The van der Waals surface area contributed by atoms with E-state index in [1.54, 1.807) is 12.3 Å². The maximum absolute atomic E-state index is 13.2. The fourth-order valence-corrected chi connectivity index (χ4v) is 1.40. The Hall–Kier alpha value is -0.830. The van der Waals surface area contributed by atoms with Crippen molar-refractivity contribution in [3.8, 4) is 0 Å². The average molecular weight is 214 g/mol.